The Morgan fingerprint density at radius 1 is 1.08 bits per heavy atom. The Bertz CT molecular complexity index is 1220. The molecule has 0 unspecified atom stereocenters. The summed E-state index contributed by atoms with van der Waals surface area (Å²) in [6.07, 6.45) is 1.30. The Labute approximate surface area is 146 Å². The van der Waals surface area contributed by atoms with Crippen LogP contribution in [-0.4, -0.2) is 19.5 Å². The molecular weight excluding hydrogens is 334 g/mol. The number of rotatable bonds is 3. The van der Waals surface area contributed by atoms with E-state index in [0.717, 1.165) is 5.56 Å². The second-order valence-electron chi connectivity index (χ2n) is 5.82. The SMILES string of the molecule is Nc1ncnc2c1c1ccc([N+](=O)[O-])cc1c(=O)n2Cc1ccccc1. The Morgan fingerprint density at radius 3 is 2.58 bits per heavy atom. The predicted molar refractivity (Wildman–Crippen MR) is 97.9 cm³/mol. The number of nitro groups is 1. The molecule has 128 valence electrons. The Morgan fingerprint density at radius 2 is 1.85 bits per heavy atom. The van der Waals surface area contributed by atoms with Crippen molar-refractivity contribution in [1.29, 1.82) is 0 Å². The molecule has 2 aromatic carbocycles. The van der Waals surface area contributed by atoms with Crippen LogP contribution in [-0.2, 0) is 6.54 Å². The first-order chi connectivity index (χ1) is 12.6. The summed E-state index contributed by atoms with van der Waals surface area (Å²) < 4.78 is 1.47. The number of fused-ring (bicyclic) bond motifs is 3. The van der Waals surface area contributed by atoms with Gasteiger partial charge in [-0.25, -0.2) is 9.97 Å². The Hall–Kier alpha value is -3.81. The van der Waals surface area contributed by atoms with Gasteiger partial charge in [-0.05, 0) is 11.6 Å². The fourth-order valence-corrected chi connectivity index (χ4v) is 3.05. The molecule has 2 aromatic heterocycles. The standard InChI is InChI=1S/C18H13N5O3/c19-16-15-13-7-6-12(23(25)26)8-14(13)18(24)22(17(15)21-10-20-16)9-11-4-2-1-3-5-11/h1-8,10H,9H2,(H2,19,20,21). The van der Waals surface area contributed by atoms with Gasteiger partial charge in [-0.2, -0.15) is 0 Å². The molecule has 8 heteroatoms. The number of anilines is 1. The molecular formula is C18H13N5O3. The number of nitro benzene ring substituents is 1. The molecule has 0 spiro atoms. The van der Waals surface area contributed by atoms with E-state index in [-0.39, 0.29) is 29.0 Å². The van der Waals surface area contributed by atoms with Crippen molar-refractivity contribution in [2.45, 2.75) is 6.54 Å². The average molecular weight is 347 g/mol. The molecule has 4 rings (SSSR count). The molecule has 8 nitrogen and oxygen atoms in total. The van der Waals surface area contributed by atoms with E-state index in [1.54, 1.807) is 0 Å². The van der Waals surface area contributed by atoms with Gasteiger partial charge in [0.1, 0.15) is 17.8 Å². The maximum atomic E-state index is 13.1. The summed E-state index contributed by atoms with van der Waals surface area (Å²) in [6, 6.07) is 13.5. The normalized spacial score (nSPS) is 11.1. The van der Waals surface area contributed by atoms with Crippen molar-refractivity contribution in [2.75, 3.05) is 5.73 Å². The number of non-ortho nitro benzene ring substituents is 1. The van der Waals surface area contributed by atoms with Crippen LogP contribution in [0.4, 0.5) is 11.5 Å². The van der Waals surface area contributed by atoms with Gasteiger partial charge in [-0.1, -0.05) is 30.3 Å². The van der Waals surface area contributed by atoms with Crippen LogP contribution in [0.15, 0.2) is 59.7 Å². The molecule has 0 saturated carbocycles. The molecule has 0 radical (unpaired) electrons. The number of hydrogen-bond donors (Lipinski definition) is 1. The average Bonchev–Trinajstić information content (AvgIpc) is 2.65. The smallest absolute Gasteiger partial charge is 0.270 e. The summed E-state index contributed by atoms with van der Waals surface area (Å²) in [6.45, 7) is 0.269. The van der Waals surface area contributed by atoms with Gasteiger partial charge in [0.2, 0.25) is 0 Å². The van der Waals surface area contributed by atoms with Gasteiger partial charge in [0.05, 0.1) is 22.2 Å². The third kappa shape index (κ3) is 2.44. The summed E-state index contributed by atoms with van der Waals surface area (Å²) >= 11 is 0. The zero-order valence-electron chi connectivity index (χ0n) is 13.5. The molecule has 0 aliphatic carbocycles. The molecule has 26 heavy (non-hydrogen) atoms. The van der Waals surface area contributed by atoms with Crippen molar-refractivity contribution in [3.05, 3.63) is 80.9 Å². The largest absolute Gasteiger partial charge is 0.383 e. The van der Waals surface area contributed by atoms with E-state index in [1.165, 1.54) is 29.1 Å². The second kappa shape index (κ2) is 5.92. The van der Waals surface area contributed by atoms with Gasteiger partial charge >= 0.3 is 0 Å². The van der Waals surface area contributed by atoms with Crippen LogP contribution in [0.2, 0.25) is 0 Å². The molecule has 0 fully saturated rings. The third-order valence-corrected chi connectivity index (χ3v) is 4.25. The molecule has 2 heterocycles. The van der Waals surface area contributed by atoms with Gasteiger partial charge in [0, 0.05) is 17.5 Å². The lowest BCUT2D eigenvalue weighted by Crippen LogP contribution is -2.23. The van der Waals surface area contributed by atoms with E-state index in [4.69, 9.17) is 5.73 Å². The number of benzene rings is 2. The number of hydrogen-bond acceptors (Lipinski definition) is 6. The minimum Gasteiger partial charge on any atom is -0.383 e. The summed E-state index contributed by atoms with van der Waals surface area (Å²) in [5, 5.41) is 12.3. The van der Waals surface area contributed by atoms with E-state index in [1.807, 2.05) is 30.3 Å². The molecule has 0 aliphatic heterocycles. The highest BCUT2D eigenvalue weighted by Gasteiger charge is 2.17. The minimum atomic E-state index is -0.532. The lowest BCUT2D eigenvalue weighted by Gasteiger charge is -2.13. The summed E-state index contributed by atoms with van der Waals surface area (Å²) in [4.78, 5) is 31.9. The lowest BCUT2D eigenvalue weighted by atomic mass is 10.1. The molecule has 0 amide bonds. The van der Waals surface area contributed by atoms with Gasteiger partial charge < -0.3 is 5.73 Å². The summed E-state index contributed by atoms with van der Waals surface area (Å²) in [5.74, 6) is 0.218. The van der Waals surface area contributed by atoms with Crippen LogP contribution in [0.1, 0.15) is 5.56 Å². The second-order valence-corrected chi connectivity index (χ2v) is 5.82. The van der Waals surface area contributed by atoms with Crippen LogP contribution < -0.4 is 11.3 Å². The third-order valence-electron chi connectivity index (χ3n) is 4.25. The number of nitrogens with two attached hydrogens (primary N) is 1. The highest BCUT2D eigenvalue weighted by molar-refractivity contribution is 6.09. The van der Waals surface area contributed by atoms with Crippen molar-refractivity contribution in [1.82, 2.24) is 14.5 Å². The van der Waals surface area contributed by atoms with E-state index in [2.05, 4.69) is 9.97 Å². The quantitative estimate of drug-likeness (QED) is 0.346. The first-order valence-electron chi connectivity index (χ1n) is 7.81. The number of nitrogen functional groups attached to an aromatic ring is 1. The van der Waals surface area contributed by atoms with Crippen molar-refractivity contribution in [3.8, 4) is 0 Å². The number of aromatic nitrogens is 3. The molecule has 2 N–H and O–H groups in total. The Balaban J connectivity index is 2.11. The molecule has 0 bridgehead atoms. The van der Waals surface area contributed by atoms with Crippen LogP contribution >= 0.6 is 0 Å². The van der Waals surface area contributed by atoms with Crippen LogP contribution in [0.3, 0.4) is 0 Å². The van der Waals surface area contributed by atoms with E-state index < -0.39 is 4.92 Å². The number of nitrogens with zero attached hydrogens (tertiary/aromatic N) is 4. The molecule has 0 saturated heterocycles. The maximum absolute atomic E-state index is 13.1. The van der Waals surface area contributed by atoms with Crippen molar-refractivity contribution < 1.29 is 4.92 Å². The summed E-state index contributed by atoms with van der Waals surface area (Å²) in [5.41, 5.74) is 6.81. The lowest BCUT2D eigenvalue weighted by molar-refractivity contribution is -0.384. The van der Waals surface area contributed by atoms with Crippen LogP contribution in [0.5, 0.6) is 0 Å². The van der Waals surface area contributed by atoms with Gasteiger partial charge in [-0.15, -0.1) is 0 Å². The molecule has 0 atom stereocenters. The highest BCUT2D eigenvalue weighted by Crippen LogP contribution is 2.28. The zero-order valence-corrected chi connectivity index (χ0v) is 13.5. The van der Waals surface area contributed by atoms with Crippen molar-refractivity contribution in [2.24, 2.45) is 0 Å². The topological polar surface area (TPSA) is 117 Å². The van der Waals surface area contributed by atoms with Crippen molar-refractivity contribution in [3.63, 3.8) is 0 Å². The first kappa shape index (κ1) is 15.7. The van der Waals surface area contributed by atoms with E-state index >= 15 is 0 Å². The first-order valence-corrected chi connectivity index (χ1v) is 7.81. The van der Waals surface area contributed by atoms with Gasteiger partial charge in [0.25, 0.3) is 11.2 Å². The predicted octanol–water partition coefficient (Wildman–Crippen LogP) is 2.48. The maximum Gasteiger partial charge on any atom is 0.270 e. The van der Waals surface area contributed by atoms with Crippen molar-refractivity contribution >= 4 is 33.3 Å². The molecule has 4 aromatic rings. The van der Waals surface area contributed by atoms with E-state index in [9.17, 15) is 14.9 Å². The van der Waals surface area contributed by atoms with Gasteiger partial charge in [-0.3, -0.25) is 19.5 Å². The minimum absolute atomic E-state index is 0.157. The zero-order chi connectivity index (χ0) is 18.3. The summed E-state index contributed by atoms with van der Waals surface area (Å²) in [7, 11) is 0. The molecule has 0 aliphatic rings. The fraction of sp³-hybridized carbons (Fsp3) is 0.0556. The van der Waals surface area contributed by atoms with Gasteiger partial charge in [0.15, 0.2) is 0 Å². The van der Waals surface area contributed by atoms with Crippen LogP contribution in [0, 0.1) is 10.1 Å². The van der Waals surface area contributed by atoms with Crippen LogP contribution in [0.25, 0.3) is 21.8 Å². The van der Waals surface area contributed by atoms with E-state index in [0.29, 0.717) is 16.4 Å². The highest BCUT2D eigenvalue weighted by atomic mass is 16.6. The monoisotopic (exact) mass is 347 g/mol. The fourth-order valence-electron chi connectivity index (χ4n) is 3.05. The number of pyridine rings is 1. The Kier molecular flexibility index (Phi) is 3.58.